The van der Waals surface area contributed by atoms with Crippen LogP contribution in [0.25, 0.3) is 17.2 Å². The van der Waals surface area contributed by atoms with Crippen LogP contribution in [0.4, 0.5) is 15.8 Å². The lowest BCUT2D eigenvalue weighted by Gasteiger charge is -2.37. The molecule has 2 bridgehead atoms. The van der Waals surface area contributed by atoms with Gasteiger partial charge in [-0.05, 0) is 96.7 Å². The first-order valence-corrected chi connectivity index (χ1v) is 13.4. The number of carbonyl (C=O) groups is 1. The molecule has 4 atom stereocenters. The molecule has 2 saturated carbocycles. The molecule has 0 aliphatic heterocycles. The summed E-state index contributed by atoms with van der Waals surface area (Å²) < 4.78 is 20.4. The van der Waals surface area contributed by atoms with Crippen molar-refractivity contribution in [2.45, 2.75) is 38.8 Å². The van der Waals surface area contributed by atoms with Gasteiger partial charge in [-0.2, -0.15) is 0 Å². The lowest BCUT2D eigenvalue weighted by molar-refractivity contribution is -0.134. The molecule has 5 nitrogen and oxygen atoms in total. The molecular formula is C33H35FN2O3. The highest BCUT2D eigenvalue weighted by atomic mass is 19.1. The third kappa shape index (κ3) is 5.62. The van der Waals surface area contributed by atoms with E-state index in [1.807, 2.05) is 43.3 Å². The summed E-state index contributed by atoms with van der Waals surface area (Å²) in [6.45, 7) is 6.42. The van der Waals surface area contributed by atoms with Gasteiger partial charge in [0.25, 0.3) is 0 Å². The van der Waals surface area contributed by atoms with Crippen LogP contribution in [-0.4, -0.2) is 18.2 Å². The summed E-state index contributed by atoms with van der Waals surface area (Å²) in [4.78, 5) is 13.5. The maximum absolute atomic E-state index is 15.6. The third-order valence-corrected chi connectivity index (χ3v) is 8.22. The Balaban J connectivity index is 1.53. The third-order valence-electron chi connectivity index (χ3n) is 8.22. The zero-order valence-electron chi connectivity index (χ0n) is 22.4. The number of halogens is 1. The molecule has 0 aromatic heterocycles. The number of hydrogen-bond acceptors (Lipinski definition) is 5. The van der Waals surface area contributed by atoms with Crippen molar-refractivity contribution in [1.82, 2.24) is 0 Å². The van der Waals surface area contributed by atoms with Crippen molar-refractivity contribution in [1.29, 1.82) is 0 Å². The van der Waals surface area contributed by atoms with E-state index < -0.39 is 18.0 Å². The zero-order chi connectivity index (χ0) is 27.7. The molecule has 0 radical (unpaired) electrons. The Kier molecular flexibility index (Phi) is 7.58. The molecule has 5 rings (SSSR count). The van der Waals surface area contributed by atoms with Crippen molar-refractivity contribution in [2.75, 3.05) is 17.7 Å². The average Bonchev–Trinajstić information content (AvgIpc) is 3.56. The topological polar surface area (TPSA) is 75.8 Å². The first-order valence-electron chi connectivity index (χ1n) is 13.4. The van der Waals surface area contributed by atoms with Gasteiger partial charge < -0.3 is 20.5 Å². The Labute approximate surface area is 229 Å². The molecule has 4 unspecified atom stereocenters. The highest BCUT2D eigenvalue weighted by Gasteiger charge is 2.43. The number of hydrogen-bond donors (Lipinski definition) is 2. The fraction of sp³-hybridized carbons (Fsp3) is 0.303. The second-order valence-corrected chi connectivity index (χ2v) is 10.8. The smallest absolute Gasteiger partial charge is 0.330 e. The maximum Gasteiger partial charge on any atom is 0.330 e. The highest BCUT2D eigenvalue weighted by molar-refractivity contribution is 5.87. The van der Waals surface area contributed by atoms with Gasteiger partial charge in [0.15, 0.2) is 6.23 Å². The largest absolute Gasteiger partial charge is 0.466 e. The minimum absolute atomic E-state index is 0.173. The number of esters is 1. The molecule has 0 heterocycles. The number of methoxy groups -OCH3 is 1. The van der Waals surface area contributed by atoms with Crippen molar-refractivity contribution in [3.05, 3.63) is 102 Å². The summed E-state index contributed by atoms with van der Waals surface area (Å²) in [6, 6.07) is 17.9. The molecule has 0 saturated heterocycles. The fourth-order valence-corrected chi connectivity index (χ4v) is 6.29. The first-order chi connectivity index (χ1) is 18.7. The summed E-state index contributed by atoms with van der Waals surface area (Å²) in [5.74, 6) is 0.483. The van der Waals surface area contributed by atoms with Crippen LogP contribution in [0.2, 0.25) is 0 Å². The molecule has 39 heavy (non-hydrogen) atoms. The lowest BCUT2D eigenvalue weighted by Crippen LogP contribution is -2.33. The van der Waals surface area contributed by atoms with Crippen LogP contribution in [0, 0.1) is 30.5 Å². The van der Waals surface area contributed by atoms with Gasteiger partial charge in [-0.25, -0.2) is 9.18 Å². The van der Waals surface area contributed by atoms with E-state index in [4.69, 9.17) is 10.5 Å². The summed E-state index contributed by atoms with van der Waals surface area (Å²) in [7, 11) is 1.33. The molecule has 2 aliphatic rings. The van der Waals surface area contributed by atoms with Crippen LogP contribution < -0.4 is 10.6 Å². The Morgan fingerprint density at radius 1 is 1.10 bits per heavy atom. The molecule has 6 heteroatoms. The molecular weight excluding hydrogens is 491 g/mol. The van der Waals surface area contributed by atoms with E-state index in [2.05, 4.69) is 6.58 Å². The van der Waals surface area contributed by atoms with Crippen LogP contribution in [0.5, 0.6) is 0 Å². The standard InChI is InChI=1S/C33H35FN2O3/c1-20-14-22(5-13-32(37)39-3)17-28(15-20)36(21(2)30-18-23-4-6-26(30)16-23)33(38)29-12-9-25(19-31(29)34)24-7-10-27(35)11-8-24/h5,7-15,17,19,23,26,30,33,38H,2,4,6,16,18,35H2,1,3H3/b13-5+. The number of allylic oxidation sites excluding steroid dienone is 1. The number of nitrogens with two attached hydrogens (primary N) is 1. The van der Waals surface area contributed by atoms with E-state index >= 15 is 4.39 Å². The summed E-state index contributed by atoms with van der Waals surface area (Å²) in [5, 5.41) is 11.8. The van der Waals surface area contributed by atoms with E-state index in [1.165, 1.54) is 32.1 Å². The number of fused-ring (bicyclic) bond motifs is 2. The first kappa shape index (κ1) is 26.7. The summed E-state index contributed by atoms with van der Waals surface area (Å²) in [6.07, 6.45) is 6.37. The molecule has 202 valence electrons. The van der Waals surface area contributed by atoms with E-state index in [9.17, 15) is 9.90 Å². The number of anilines is 2. The highest BCUT2D eigenvalue weighted by Crippen LogP contribution is 2.52. The number of aliphatic hydroxyl groups is 1. The number of rotatable bonds is 8. The molecule has 2 fully saturated rings. The van der Waals surface area contributed by atoms with Gasteiger partial charge in [0, 0.05) is 34.6 Å². The second kappa shape index (κ2) is 11.1. The lowest BCUT2D eigenvalue weighted by atomic mass is 9.85. The number of benzene rings is 3. The fourth-order valence-electron chi connectivity index (χ4n) is 6.29. The van der Waals surface area contributed by atoms with Gasteiger partial charge in [-0.15, -0.1) is 0 Å². The minimum atomic E-state index is -1.28. The normalized spacial score (nSPS) is 20.8. The van der Waals surface area contributed by atoms with Crippen molar-refractivity contribution in [3.8, 4) is 11.1 Å². The van der Waals surface area contributed by atoms with Crippen LogP contribution >= 0.6 is 0 Å². The zero-order valence-corrected chi connectivity index (χ0v) is 22.4. The van der Waals surface area contributed by atoms with Gasteiger partial charge in [0.1, 0.15) is 5.82 Å². The Morgan fingerprint density at radius 2 is 1.85 bits per heavy atom. The van der Waals surface area contributed by atoms with Crippen LogP contribution in [0.15, 0.2) is 79.0 Å². The van der Waals surface area contributed by atoms with E-state index in [1.54, 1.807) is 29.2 Å². The van der Waals surface area contributed by atoms with Gasteiger partial charge in [0.2, 0.25) is 0 Å². The molecule has 0 spiro atoms. The summed E-state index contributed by atoms with van der Waals surface area (Å²) >= 11 is 0. The van der Waals surface area contributed by atoms with Crippen LogP contribution in [-0.2, 0) is 9.53 Å². The molecule has 0 amide bonds. The Bertz CT molecular complexity index is 1410. The van der Waals surface area contributed by atoms with E-state index in [0.29, 0.717) is 28.8 Å². The Morgan fingerprint density at radius 3 is 2.49 bits per heavy atom. The van der Waals surface area contributed by atoms with Crippen molar-refractivity contribution >= 4 is 23.4 Å². The monoisotopic (exact) mass is 526 g/mol. The predicted octanol–water partition coefficient (Wildman–Crippen LogP) is 7.02. The SMILES string of the molecule is C=C(C1CC2CCC1C2)N(c1cc(C)cc(/C=C/C(=O)OC)c1)C(O)c1ccc(-c2ccc(N)cc2)cc1F. The number of aliphatic hydroxyl groups excluding tert-OH is 1. The van der Waals surface area contributed by atoms with Crippen LogP contribution in [0.3, 0.4) is 0 Å². The molecule has 3 aromatic rings. The summed E-state index contributed by atoms with van der Waals surface area (Å²) in [5.41, 5.74) is 11.4. The number of ether oxygens (including phenoxy) is 1. The molecule has 3 aromatic carbocycles. The average molecular weight is 527 g/mol. The molecule has 3 N–H and O–H groups in total. The minimum Gasteiger partial charge on any atom is -0.466 e. The second-order valence-electron chi connectivity index (χ2n) is 10.8. The van der Waals surface area contributed by atoms with Crippen molar-refractivity contribution in [3.63, 3.8) is 0 Å². The number of aryl methyl sites for hydroxylation is 1. The Hall–Kier alpha value is -3.90. The van der Waals surface area contributed by atoms with Gasteiger partial charge in [-0.1, -0.05) is 43.3 Å². The van der Waals surface area contributed by atoms with E-state index in [0.717, 1.165) is 35.2 Å². The quantitative estimate of drug-likeness (QED) is 0.143. The van der Waals surface area contributed by atoms with Gasteiger partial charge >= 0.3 is 5.97 Å². The number of carbonyl (C=O) groups excluding carboxylic acids is 1. The van der Waals surface area contributed by atoms with Crippen molar-refractivity contribution < 1.29 is 19.0 Å². The van der Waals surface area contributed by atoms with E-state index in [-0.39, 0.29) is 11.5 Å². The van der Waals surface area contributed by atoms with Crippen molar-refractivity contribution in [2.24, 2.45) is 17.8 Å². The number of nitrogens with zero attached hydrogens (tertiary/aromatic N) is 1. The maximum atomic E-state index is 15.6. The number of nitrogen functional groups attached to an aromatic ring is 1. The van der Waals surface area contributed by atoms with Crippen LogP contribution in [0.1, 0.15) is 48.6 Å². The van der Waals surface area contributed by atoms with Gasteiger partial charge in [-0.3, -0.25) is 0 Å². The van der Waals surface area contributed by atoms with Gasteiger partial charge in [0.05, 0.1) is 7.11 Å². The predicted molar refractivity (Wildman–Crippen MR) is 154 cm³/mol. The molecule has 2 aliphatic carbocycles.